The first-order valence-electron chi connectivity index (χ1n) is 8.58. The van der Waals surface area contributed by atoms with E-state index in [0.717, 1.165) is 45.6 Å². The Balaban J connectivity index is 2.13. The Kier molecular flexibility index (Phi) is 7.99. The Hall–Kier alpha value is -2.18. The molecule has 158 valence electrons. The van der Waals surface area contributed by atoms with Crippen LogP contribution in [0.1, 0.15) is 19.4 Å². The van der Waals surface area contributed by atoms with Crippen LogP contribution in [0.15, 0.2) is 28.6 Å². The second-order valence-corrected chi connectivity index (χ2v) is 10.0. The smallest absolute Gasteiger partial charge is 0.316 e. The molecule has 1 N–H and O–H groups in total. The largest absolute Gasteiger partial charge is 0.468 e. The molecule has 0 bridgehead atoms. The summed E-state index contributed by atoms with van der Waals surface area (Å²) < 4.78 is 30.8. The number of carbonyl (C=O) groups is 2. The Morgan fingerprint density at radius 3 is 2.48 bits per heavy atom. The van der Waals surface area contributed by atoms with Crippen molar-refractivity contribution in [3.63, 3.8) is 0 Å². The van der Waals surface area contributed by atoms with Crippen molar-refractivity contribution in [3.05, 3.63) is 29.8 Å². The highest BCUT2D eigenvalue weighted by Gasteiger charge is 2.29. The number of sulfonamides is 1. The van der Waals surface area contributed by atoms with Crippen LogP contribution < -0.4 is 9.62 Å². The van der Waals surface area contributed by atoms with E-state index in [1.54, 1.807) is 12.1 Å². The lowest BCUT2D eigenvalue weighted by Crippen LogP contribution is -2.45. The molecule has 0 saturated carbocycles. The van der Waals surface area contributed by atoms with Crippen molar-refractivity contribution in [3.8, 4) is 0 Å². The molecule has 0 spiro atoms. The Morgan fingerprint density at radius 1 is 1.28 bits per heavy atom. The van der Waals surface area contributed by atoms with Crippen LogP contribution in [0.3, 0.4) is 0 Å². The maximum Gasteiger partial charge on any atom is 0.316 e. The molecule has 0 aliphatic carbocycles. The van der Waals surface area contributed by atoms with Gasteiger partial charge in [-0.1, -0.05) is 42.2 Å². The lowest BCUT2D eigenvalue weighted by atomic mass is 10.1. The molecule has 1 atom stereocenters. The number of hydrogen-bond acceptors (Lipinski definition) is 9. The van der Waals surface area contributed by atoms with Crippen molar-refractivity contribution in [1.29, 1.82) is 0 Å². The highest BCUT2D eigenvalue weighted by molar-refractivity contribution is 8.01. The number of carbonyl (C=O) groups excluding carboxylic acids is 2. The maximum absolute atomic E-state index is 12.7. The second kappa shape index (κ2) is 10.0. The zero-order chi connectivity index (χ0) is 21.6. The van der Waals surface area contributed by atoms with Gasteiger partial charge in [-0.3, -0.25) is 19.2 Å². The molecule has 9 nitrogen and oxygen atoms in total. The molecule has 1 heterocycles. The third kappa shape index (κ3) is 6.41. The molecule has 29 heavy (non-hydrogen) atoms. The molecule has 1 aromatic carbocycles. The van der Waals surface area contributed by atoms with E-state index >= 15 is 0 Å². The van der Waals surface area contributed by atoms with E-state index in [1.807, 2.05) is 19.1 Å². The number of hydrogen-bond donors (Lipinski definition) is 1. The summed E-state index contributed by atoms with van der Waals surface area (Å²) in [6.07, 6.45) is 1.87. The van der Waals surface area contributed by atoms with Crippen LogP contribution in [0.25, 0.3) is 0 Å². The second-order valence-electron chi connectivity index (χ2n) is 5.98. The van der Waals surface area contributed by atoms with Crippen LogP contribution in [0, 0.1) is 0 Å². The van der Waals surface area contributed by atoms with Crippen LogP contribution in [-0.2, 0) is 30.8 Å². The van der Waals surface area contributed by atoms with Crippen molar-refractivity contribution in [2.45, 2.75) is 30.6 Å². The normalized spacial score (nSPS) is 12.3. The lowest BCUT2D eigenvalue weighted by molar-refractivity contribution is -0.137. The minimum absolute atomic E-state index is 0.0745. The van der Waals surface area contributed by atoms with Gasteiger partial charge in [0.05, 0.1) is 24.8 Å². The molecule has 2 aromatic rings. The molecule has 0 fully saturated rings. The number of nitrogens with one attached hydrogen (secondary N) is 1. The summed E-state index contributed by atoms with van der Waals surface area (Å²) in [6.45, 7) is 3.50. The van der Waals surface area contributed by atoms with Gasteiger partial charge < -0.3 is 4.74 Å². The van der Waals surface area contributed by atoms with E-state index < -0.39 is 27.9 Å². The van der Waals surface area contributed by atoms with E-state index in [-0.39, 0.29) is 10.9 Å². The fourth-order valence-corrected chi connectivity index (χ4v) is 5.16. The summed E-state index contributed by atoms with van der Waals surface area (Å²) in [4.78, 5) is 23.8. The van der Waals surface area contributed by atoms with Gasteiger partial charge in [0.25, 0.3) is 0 Å². The Labute approximate surface area is 177 Å². The molecule has 0 aliphatic rings. The fraction of sp³-hybridized carbons (Fsp3) is 0.412. The monoisotopic (exact) mass is 458 g/mol. The SMILES string of the molecule is CCc1ccc(N(C(C)C(=O)Nc2nnc(SCC(=O)OC)s2)S(C)(=O)=O)cc1. The highest BCUT2D eigenvalue weighted by atomic mass is 32.2. The summed E-state index contributed by atoms with van der Waals surface area (Å²) in [7, 11) is -2.41. The van der Waals surface area contributed by atoms with Crippen molar-refractivity contribution >= 4 is 55.8 Å². The number of esters is 1. The number of benzene rings is 1. The summed E-state index contributed by atoms with van der Waals surface area (Å²) in [6, 6.07) is 6.00. The van der Waals surface area contributed by atoms with Gasteiger partial charge in [0.2, 0.25) is 21.1 Å². The number of rotatable bonds is 9. The Bertz CT molecular complexity index is 960. The average molecular weight is 459 g/mol. The first kappa shape index (κ1) is 23.1. The molecule has 12 heteroatoms. The van der Waals surface area contributed by atoms with Crippen molar-refractivity contribution in [2.24, 2.45) is 0 Å². The number of amides is 1. The average Bonchev–Trinajstić information content (AvgIpc) is 3.12. The topological polar surface area (TPSA) is 119 Å². The molecule has 1 amide bonds. The van der Waals surface area contributed by atoms with E-state index in [2.05, 4.69) is 20.3 Å². The predicted molar refractivity (Wildman–Crippen MR) is 114 cm³/mol. The minimum Gasteiger partial charge on any atom is -0.468 e. The van der Waals surface area contributed by atoms with Gasteiger partial charge in [-0.2, -0.15) is 0 Å². The van der Waals surface area contributed by atoms with Gasteiger partial charge in [-0.05, 0) is 31.0 Å². The summed E-state index contributed by atoms with van der Waals surface area (Å²) in [5.41, 5.74) is 1.46. The quantitative estimate of drug-likeness (QED) is 0.345. The van der Waals surface area contributed by atoms with Crippen molar-refractivity contribution in [2.75, 3.05) is 28.7 Å². The molecular formula is C17H22N4O5S3. The molecule has 2 rings (SSSR count). The number of aromatic nitrogens is 2. The van der Waals surface area contributed by atoms with E-state index in [4.69, 9.17) is 0 Å². The molecule has 0 saturated heterocycles. The van der Waals surface area contributed by atoms with Crippen molar-refractivity contribution in [1.82, 2.24) is 10.2 Å². The zero-order valence-electron chi connectivity index (χ0n) is 16.4. The number of ether oxygens (including phenoxy) is 1. The first-order valence-corrected chi connectivity index (χ1v) is 12.2. The molecule has 0 radical (unpaired) electrons. The van der Waals surface area contributed by atoms with E-state index in [1.165, 1.54) is 14.0 Å². The van der Waals surface area contributed by atoms with Crippen LogP contribution >= 0.6 is 23.1 Å². The standard InChI is InChI=1S/C17H22N4O5S3/c1-5-12-6-8-13(9-7-12)21(29(4,24)25)11(2)15(23)18-16-19-20-17(28-16)27-10-14(22)26-3/h6-9,11H,5,10H2,1-4H3,(H,18,19,23). The summed E-state index contributed by atoms with van der Waals surface area (Å²) in [5, 5.41) is 10.5. The van der Waals surface area contributed by atoms with Crippen LogP contribution in [0.5, 0.6) is 0 Å². The van der Waals surface area contributed by atoms with Gasteiger partial charge >= 0.3 is 5.97 Å². The minimum atomic E-state index is -3.71. The van der Waals surface area contributed by atoms with Gasteiger partial charge in [0, 0.05) is 0 Å². The number of methoxy groups -OCH3 is 1. The van der Waals surface area contributed by atoms with Crippen LogP contribution in [0.4, 0.5) is 10.8 Å². The maximum atomic E-state index is 12.7. The number of thioether (sulfide) groups is 1. The first-order chi connectivity index (χ1) is 13.7. The summed E-state index contributed by atoms with van der Waals surface area (Å²) >= 11 is 2.22. The highest BCUT2D eigenvalue weighted by Crippen LogP contribution is 2.27. The van der Waals surface area contributed by atoms with Gasteiger partial charge in [-0.15, -0.1) is 10.2 Å². The zero-order valence-corrected chi connectivity index (χ0v) is 18.9. The van der Waals surface area contributed by atoms with Crippen LogP contribution in [-0.4, -0.2) is 55.7 Å². The number of nitrogens with zero attached hydrogens (tertiary/aromatic N) is 3. The van der Waals surface area contributed by atoms with Gasteiger partial charge in [-0.25, -0.2) is 8.42 Å². The summed E-state index contributed by atoms with van der Waals surface area (Å²) in [5.74, 6) is -0.872. The predicted octanol–water partition coefficient (Wildman–Crippen LogP) is 2.16. The molecule has 0 aliphatic heterocycles. The van der Waals surface area contributed by atoms with Crippen molar-refractivity contribution < 1.29 is 22.7 Å². The lowest BCUT2D eigenvalue weighted by Gasteiger charge is -2.28. The van der Waals surface area contributed by atoms with Crippen LogP contribution in [0.2, 0.25) is 0 Å². The third-order valence-corrected chi connectivity index (χ3v) is 7.05. The molecule has 1 unspecified atom stereocenters. The number of aryl methyl sites for hydroxylation is 1. The van der Waals surface area contributed by atoms with Gasteiger partial charge in [0.1, 0.15) is 6.04 Å². The fourth-order valence-electron chi connectivity index (χ4n) is 2.40. The van der Waals surface area contributed by atoms with E-state index in [9.17, 15) is 18.0 Å². The number of anilines is 2. The Morgan fingerprint density at radius 2 is 1.93 bits per heavy atom. The van der Waals surface area contributed by atoms with E-state index in [0.29, 0.717) is 10.0 Å². The van der Waals surface area contributed by atoms with Gasteiger partial charge in [0.15, 0.2) is 4.34 Å². The third-order valence-electron chi connectivity index (χ3n) is 3.87. The molecular weight excluding hydrogens is 436 g/mol. The molecule has 1 aromatic heterocycles.